The van der Waals surface area contributed by atoms with E-state index in [1.807, 2.05) is 30.1 Å². The number of hydrogen-bond acceptors (Lipinski definition) is 2. The van der Waals surface area contributed by atoms with Crippen molar-refractivity contribution in [2.45, 2.75) is 25.8 Å². The van der Waals surface area contributed by atoms with E-state index < -0.39 is 0 Å². The lowest BCUT2D eigenvalue weighted by Crippen LogP contribution is -2.34. The third-order valence-electron chi connectivity index (χ3n) is 4.49. The molecular formula is C20H24N2O. The molecule has 1 aliphatic heterocycles. The van der Waals surface area contributed by atoms with Crippen LogP contribution in [0.5, 0.6) is 0 Å². The molecular weight excluding hydrogens is 284 g/mol. The predicted octanol–water partition coefficient (Wildman–Crippen LogP) is 3.49. The standard InChI is InChI=1S/C20H24N2O/c1-21(16-17-8-3-2-4-9-17)20(23)13-15-22-14-7-11-18-10-5-6-12-19(18)22/h2-6,8-10,12H,7,11,13-16H2,1H3. The first-order chi connectivity index (χ1) is 11.2. The maximum atomic E-state index is 12.4. The summed E-state index contributed by atoms with van der Waals surface area (Å²) < 4.78 is 0. The van der Waals surface area contributed by atoms with E-state index in [9.17, 15) is 4.79 Å². The van der Waals surface area contributed by atoms with E-state index in [0.717, 1.165) is 19.5 Å². The maximum absolute atomic E-state index is 12.4. The Hall–Kier alpha value is -2.29. The summed E-state index contributed by atoms with van der Waals surface area (Å²) in [5.41, 5.74) is 3.88. The third-order valence-corrected chi connectivity index (χ3v) is 4.49. The van der Waals surface area contributed by atoms with Gasteiger partial charge in [-0.2, -0.15) is 0 Å². The molecule has 2 aromatic carbocycles. The number of fused-ring (bicyclic) bond motifs is 1. The Morgan fingerprint density at radius 2 is 1.83 bits per heavy atom. The molecule has 3 nitrogen and oxygen atoms in total. The van der Waals surface area contributed by atoms with Crippen molar-refractivity contribution in [3.8, 4) is 0 Å². The number of carbonyl (C=O) groups is 1. The zero-order chi connectivity index (χ0) is 16.1. The summed E-state index contributed by atoms with van der Waals surface area (Å²) in [6.07, 6.45) is 2.89. The van der Waals surface area contributed by atoms with Gasteiger partial charge in [-0.1, -0.05) is 48.5 Å². The molecule has 120 valence electrons. The SMILES string of the molecule is CN(Cc1ccccc1)C(=O)CCN1CCCc2ccccc21. The summed E-state index contributed by atoms with van der Waals surface area (Å²) in [4.78, 5) is 16.6. The van der Waals surface area contributed by atoms with E-state index >= 15 is 0 Å². The van der Waals surface area contributed by atoms with Crippen LogP contribution in [0.1, 0.15) is 24.0 Å². The summed E-state index contributed by atoms with van der Waals surface area (Å²) in [5.74, 6) is 0.205. The summed E-state index contributed by atoms with van der Waals surface area (Å²) >= 11 is 0. The molecule has 0 radical (unpaired) electrons. The molecule has 0 saturated heterocycles. The van der Waals surface area contributed by atoms with Crippen LogP contribution in [0.25, 0.3) is 0 Å². The third kappa shape index (κ3) is 3.92. The van der Waals surface area contributed by atoms with Crippen LogP contribution >= 0.6 is 0 Å². The molecule has 0 aromatic heterocycles. The molecule has 0 aliphatic carbocycles. The van der Waals surface area contributed by atoms with E-state index in [1.165, 1.54) is 23.2 Å². The minimum Gasteiger partial charge on any atom is -0.371 e. The van der Waals surface area contributed by atoms with Gasteiger partial charge >= 0.3 is 0 Å². The smallest absolute Gasteiger partial charge is 0.224 e. The normalized spacial score (nSPS) is 13.5. The van der Waals surface area contributed by atoms with Crippen molar-refractivity contribution in [3.63, 3.8) is 0 Å². The van der Waals surface area contributed by atoms with Crippen LogP contribution < -0.4 is 4.90 Å². The molecule has 0 unspecified atom stereocenters. The van der Waals surface area contributed by atoms with Gasteiger partial charge in [0, 0.05) is 38.8 Å². The van der Waals surface area contributed by atoms with Gasteiger partial charge in [0.1, 0.15) is 0 Å². The van der Waals surface area contributed by atoms with Crippen LogP contribution in [-0.4, -0.2) is 30.9 Å². The Bertz CT molecular complexity index is 654. The van der Waals surface area contributed by atoms with Gasteiger partial charge in [-0.25, -0.2) is 0 Å². The van der Waals surface area contributed by atoms with Gasteiger partial charge in [0.05, 0.1) is 0 Å². The molecule has 2 aromatic rings. The Labute approximate surface area is 138 Å². The lowest BCUT2D eigenvalue weighted by molar-refractivity contribution is -0.130. The molecule has 3 rings (SSSR count). The molecule has 1 amide bonds. The van der Waals surface area contributed by atoms with Gasteiger partial charge in [0.2, 0.25) is 5.91 Å². The molecule has 0 N–H and O–H groups in total. The molecule has 0 saturated carbocycles. The molecule has 0 bridgehead atoms. The maximum Gasteiger partial charge on any atom is 0.224 e. The number of rotatable bonds is 5. The van der Waals surface area contributed by atoms with Crippen molar-refractivity contribution in [1.29, 1.82) is 0 Å². The van der Waals surface area contributed by atoms with Crippen LogP contribution in [0.15, 0.2) is 54.6 Å². The van der Waals surface area contributed by atoms with Crippen molar-refractivity contribution < 1.29 is 4.79 Å². The number of amides is 1. The van der Waals surface area contributed by atoms with Crippen molar-refractivity contribution in [1.82, 2.24) is 4.90 Å². The van der Waals surface area contributed by atoms with E-state index in [2.05, 4.69) is 41.3 Å². The number of carbonyl (C=O) groups excluding carboxylic acids is 1. The highest BCUT2D eigenvalue weighted by Crippen LogP contribution is 2.26. The number of hydrogen-bond donors (Lipinski definition) is 0. The van der Waals surface area contributed by atoms with Gasteiger partial charge in [-0.15, -0.1) is 0 Å². The van der Waals surface area contributed by atoms with Crippen LogP contribution in [-0.2, 0) is 17.8 Å². The highest BCUT2D eigenvalue weighted by molar-refractivity contribution is 5.76. The number of nitrogens with zero attached hydrogens (tertiary/aromatic N) is 2. The van der Waals surface area contributed by atoms with Crippen molar-refractivity contribution in [2.75, 3.05) is 25.0 Å². The quantitative estimate of drug-likeness (QED) is 0.844. The summed E-state index contributed by atoms with van der Waals surface area (Å²) in [6, 6.07) is 18.7. The zero-order valence-electron chi connectivity index (χ0n) is 13.7. The van der Waals surface area contributed by atoms with Gasteiger partial charge < -0.3 is 9.80 Å². The second-order valence-corrected chi connectivity index (χ2v) is 6.20. The van der Waals surface area contributed by atoms with Crippen molar-refractivity contribution in [2.24, 2.45) is 0 Å². The van der Waals surface area contributed by atoms with Gasteiger partial charge in [0.15, 0.2) is 0 Å². The molecule has 1 heterocycles. The Balaban J connectivity index is 1.55. The Kier molecular flexibility index (Phi) is 4.96. The fourth-order valence-corrected chi connectivity index (χ4v) is 3.21. The number of aryl methyl sites for hydroxylation is 1. The average Bonchev–Trinajstić information content (AvgIpc) is 2.60. The van der Waals surface area contributed by atoms with Crippen LogP contribution in [0.4, 0.5) is 5.69 Å². The highest BCUT2D eigenvalue weighted by Gasteiger charge is 2.18. The fraction of sp³-hybridized carbons (Fsp3) is 0.350. The molecule has 23 heavy (non-hydrogen) atoms. The van der Waals surface area contributed by atoms with E-state index in [4.69, 9.17) is 0 Å². The van der Waals surface area contributed by atoms with Crippen LogP contribution in [0.3, 0.4) is 0 Å². The van der Waals surface area contributed by atoms with Crippen LogP contribution in [0, 0.1) is 0 Å². The number of benzene rings is 2. The molecule has 0 fully saturated rings. The average molecular weight is 308 g/mol. The topological polar surface area (TPSA) is 23.6 Å². The zero-order valence-corrected chi connectivity index (χ0v) is 13.7. The first-order valence-corrected chi connectivity index (χ1v) is 8.35. The minimum atomic E-state index is 0.205. The fourth-order valence-electron chi connectivity index (χ4n) is 3.21. The monoisotopic (exact) mass is 308 g/mol. The first kappa shape index (κ1) is 15.6. The Morgan fingerprint density at radius 3 is 2.65 bits per heavy atom. The highest BCUT2D eigenvalue weighted by atomic mass is 16.2. The van der Waals surface area contributed by atoms with E-state index in [-0.39, 0.29) is 5.91 Å². The van der Waals surface area contributed by atoms with Crippen molar-refractivity contribution >= 4 is 11.6 Å². The molecule has 0 spiro atoms. The Morgan fingerprint density at radius 1 is 1.09 bits per heavy atom. The second-order valence-electron chi connectivity index (χ2n) is 6.20. The van der Waals surface area contributed by atoms with Crippen molar-refractivity contribution in [3.05, 3.63) is 65.7 Å². The molecule has 3 heteroatoms. The summed E-state index contributed by atoms with van der Waals surface area (Å²) in [5, 5.41) is 0. The molecule has 1 aliphatic rings. The largest absolute Gasteiger partial charge is 0.371 e. The van der Waals surface area contributed by atoms with E-state index in [0.29, 0.717) is 13.0 Å². The molecule has 0 atom stereocenters. The van der Waals surface area contributed by atoms with E-state index in [1.54, 1.807) is 0 Å². The predicted molar refractivity (Wildman–Crippen MR) is 94.5 cm³/mol. The lowest BCUT2D eigenvalue weighted by Gasteiger charge is -2.31. The minimum absolute atomic E-state index is 0.205. The lowest BCUT2D eigenvalue weighted by atomic mass is 10.0. The summed E-state index contributed by atoms with van der Waals surface area (Å²) in [7, 11) is 1.89. The van der Waals surface area contributed by atoms with Gasteiger partial charge in [-0.3, -0.25) is 4.79 Å². The van der Waals surface area contributed by atoms with Gasteiger partial charge in [-0.05, 0) is 30.0 Å². The van der Waals surface area contributed by atoms with Gasteiger partial charge in [0.25, 0.3) is 0 Å². The number of anilines is 1. The summed E-state index contributed by atoms with van der Waals surface area (Å²) in [6.45, 7) is 2.53. The van der Waals surface area contributed by atoms with Crippen LogP contribution in [0.2, 0.25) is 0 Å². The second kappa shape index (κ2) is 7.32. The number of para-hydroxylation sites is 1. The first-order valence-electron chi connectivity index (χ1n) is 8.35.